The van der Waals surface area contributed by atoms with Crippen molar-refractivity contribution < 1.29 is 0 Å². The standard InChI is InChI=1S/C15H13N/c1-2-7-15(16-10-3-1)14-9-8-12-5-4-6-13(12)11-14/h1-4,6-11,16H,5H2. The molecule has 0 saturated carbocycles. The SMILES string of the molecule is C1=CC=C(c2ccc3c(c2)C=CC3)NC=C1. The van der Waals surface area contributed by atoms with Crippen LogP contribution in [0.2, 0.25) is 0 Å². The molecule has 0 fully saturated rings. The summed E-state index contributed by atoms with van der Waals surface area (Å²) in [6.07, 6.45) is 15.6. The van der Waals surface area contributed by atoms with Gasteiger partial charge in [0.15, 0.2) is 0 Å². The first kappa shape index (κ1) is 9.22. The van der Waals surface area contributed by atoms with Crippen LogP contribution in [0, 0.1) is 0 Å². The van der Waals surface area contributed by atoms with Crippen LogP contribution in [-0.4, -0.2) is 0 Å². The summed E-state index contributed by atoms with van der Waals surface area (Å²) in [6.45, 7) is 0. The number of hydrogen-bond acceptors (Lipinski definition) is 1. The van der Waals surface area contributed by atoms with Crippen molar-refractivity contribution in [3.8, 4) is 0 Å². The average molecular weight is 207 g/mol. The van der Waals surface area contributed by atoms with Crippen LogP contribution in [0.25, 0.3) is 11.8 Å². The van der Waals surface area contributed by atoms with Gasteiger partial charge < -0.3 is 5.32 Å². The van der Waals surface area contributed by atoms with Crippen molar-refractivity contribution in [2.75, 3.05) is 0 Å². The Morgan fingerprint density at radius 2 is 2.06 bits per heavy atom. The molecule has 3 rings (SSSR count). The van der Waals surface area contributed by atoms with Crippen molar-refractivity contribution in [2.24, 2.45) is 0 Å². The van der Waals surface area contributed by atoms with Crippen LogP contribution in [-0.2, 0) is 6.42 Å². The fourth-order valence-electron chi connectivity index (χ4n) is 2.05. The van der Waals surface area contributed by atoms with E-state index in [0.717, 1.165) is 12.1 Å². The molecule has 1 heterocycles. The molecular formula is C15H13N. The number of benzene rings is 1. The molecule has 1 aromatic rings. The summed E-state index contributed by atoms with van der Waals surface area (Å²) in [5, 5.41) is 3.28. The minimum atomic E-state index is 1.07. The van der Waals surface area contributed by atoms with Gasteiger partial charge in [0.2, 0.25) is 0 Å². The number of allylic oxidation sites excluding steroid dienone is 5. The van der Waals surface area contributed by atoms with Gasteiger partial charge in [-0.1, -0.05) is 36.4 Å². The summed E-state index contributed by atoms with van der Waals surface area (Å²) < 4.78 is 0. The van der Waals surface area contributed by atoms with E-state index in [1.165, 1.54) is 16.7 Å². The highest BCUT2D eigenvalue weighted by atomic mass is 14.8. The van der Waals surface area contributed by atoms with Gasteiger partial charge in [0.1, 0.15) is 0 Å². The lowest BCUT2D eigenvalue weighted by molar-refractivity contribution is 1.21. The van der Waals surface area contributed by atoms with E-state index < -0.39 is 0 Å². The lowest BCUT2D eigenvalue weighted by Gasteiger charge is -2.08. The van der Waals surface area contributed by atoms with E-state index in [-0.39, 0.29) is 0 Å². The zero-order valence-electron chi connectivity index (χ0n) is 8.98. The van der Waals surface area contributed by atoms with Gasteiger partial charge in [-0.2, -0.15) is 0 Å². The first-order valence-electron chi connectivity index (χ1n) is 5.53. The van der Waals surface area contributed by atoms with E-state index in [1.807, 2.05) is 18.4 Å². The maximum Gasteiger partial charge on any atom is 0.0453 e. The number of nitrogens with one attached hydrogen (secondary N) is 1. The maximum absolute atomic E-state index is 3.28. The van der Waals surface area contributed by atoms with Gasteiger partial charge in [0, 0.05) is 11.9 Å². The molecule has 0 spiro atoms. The van der Waals surface area contributed by atoms with Crippen LogP contribution in [0.3, 0.4) is 0 Å². The lowest BCUT2D eigenvalue weighted by atomic mass is 10.0. The van der Waals surface area contributed by atoms with Crippen molar-refractivity contribution in [1.82, 2.24) is 5.32 Å². The van der Waals surface area contributed by atoms with E-state index in [4.69, 9.17) is 0 Å². The van der Waals surface area contributed by atoms with Crippen molar-refractivity contribution in [2.45, 2.75) is 6.42 Å². The summed E-state index contributed by atoms with van der Waals surface area (Å²) in [7, 11) is 0. The van der Waals surface area contributed by atoms with E-state index in [2.05, 4.69) is 47.8 Å². The summed E-state index contributed by atoms with van der Waals surface area (Å²) in [5.74, 6) is 0. The second kappa shape index (κ2) is 3.86. The molecule has 0 unspecified atom stereocenters. The molecule has 0 aromatic heterocycles. The van der Waals surface area contributed by atoms with Crippen LogP contribution < -0.4 is 5.32 Å². The number of rotatable bonds is 1. The van der Waals surface area contributed by atoms with Gasteiger partial charge in [-0.25, -0.2) is 0 Å². The monoisotopic (exact) mass is 207 g/mol. The molecule has 0 amide bonds. The maximum atomic E-state index is 3.28. The molecule has 1 nitrogen and oxygen atoms in total. The second-order valence-electron chi connectivity index (χ2n) is 3.99. The Bertz CT molecular complexity index is 530. The molecule has 1 heteroatoms. The van der Waals surface area contributed by atoms with Gasteiger partial charge in [0.25, 0.3) is 0 Å². The highest BCUT2D eigenvalue weighted by Crippen LogP contribution is 2.23. The van der Waals surface area contributed by atoms with E-state index in [1.54, 1.807) is 0 Å². The quantitative estimate of drug-likeness (QED) is 0.745. The Kier molecular flexibility index (Phi) is 2.22. The molecule has 1 aliphatic heterocycles. The lowest BCUT2D eigenvalue weighted by Crippen LogP contribution is -2.03. The van der Waals surface area contributed by atoms with Crippen LogP contribution in [0.15, 0.2) is 54.8 Å². The Labute approximate surface area is 95.5 Å². The highest BCUT2D eigenvalue weighted by Gasteiger charge is 2.07. The van der Waals surface area contributed by atoms with Gasteiger partial charge in [-0.05, 0) is 41.3 Å². The molecule has 0 atom stereocenters. The zero-order valence-corrected chi connectivity index (χ0v) is 8.98. The van der Waals surface area contributed by atoms with Gasteiger partial charge in [-0.15, -0.1) is 0 Å². The zero-order chi connectivity index (χ0) is 10.8. The van der Waals surface area contributed by atoms with Gasteiger partial charge in [0.05, 0.1) is 0 Å². The predicted octanol–water partition coefficient (Wildman–Crippen LogP) is 3.27. The normalized spacial score (nSPS) is 16.6. The van der Waals surface area contributed by atoms with E-state index in [9.17, 15) is 0 Å². The number of fused-ring (bicyclic) bond motifs is 1. The Hall–Kier alpha value is -2.02. The highest BCUT2D eigenvalue weighted by molar-refractivity contribution is 5.71. The van der Waals surface area contributed by atoms with Crippen LogP contribution >= 0.6 is 0 Å². The molecule has 1 aromatic carbocycles. The molecular weight excluding hydrogens is 194 g/mol. The summed E-state index contributed by atoms with van der Waals surface area (Å²) >= 11 is 0. The van der Waals surface area contributed by atoms with Crippen LogP contribution in [0.5, 0.6) is 0 Å². The Morgan fingerprint density at radius 3 is 3.06 bits per heavy atom. The number of hydrogen-bond donors (Lipinski definition) is 1. The minimum Gasteiger partial charge on any atom is -0.361 e. The third-order valence-electron chi connectivity index (χ3n) is 2.91. The third kappa shape index (κ3) is 1.61. The van der Waals surface area contributed by atoms with E-state index in [0.29, 0.717) is 0 Å². The Balaban J connectivity index is 2.01. The van der Waals surface area contributed by atoms with Crippen molar-refractivity contribution in [3.05, 3.63) is 71.5 Å². The average Bonchev–Trinajstić information content (AvgIpc) is 2.61. The van der Waals surface area contributed by atoms with Crippen LogP contribution in [0.4, 0.5) is 0 Å². The Morgan fingerprint density at radius 1 is 1.06 bits per heavy atom. The molecule has 1 N–H and O–H groups in total. The van der Waals surface area contributed by atoms with Gasteiger partial charge >= 0.3 is 0 Å². The van der Waals surface area contributed by atoms with Crippen molar-refractivity contribution >= 4 is 11.8 Å². The predicted molar refractivity (Wildman–Crippen MR) is 68.6 cm³/mol. The molecule has 0 saturated heterocycles. The summed E-state index contributed by atoms with van der Waals surface area (Å²) in [5.41, 5.74) is 5.15. The smallest absolute Gasteiger partial charge is 0.0453 e. The second-order valence-corrected chi connectivity index (χ2v) is 3.99. The molecule has 78 valence electrons. The van der Waals surface area contributed by atoms with Gasteiger partial charge in [-0.3, -0.25) is 0 Å². The molecule has 0 radical (unpaired) electrons. The van der Waals surface area contributed by atoms with Crippen molar-refractivity contribution in [1.29, 1.82) is 0 Å². The topological polar surface area (TPSA) is 12.0 Å². The molecule has 1 aliphatic carbocycles. The fraction of sp³-hybridized carbons (Fsp3) is 0.0667. The molecule has 2 aliphatic rings. The van der Waals surface area contributed by atoms with Crippen molar-refractivity contribution in [3.63, 3.8) is 0 Å². The fourth-order valence-corrected chi connectivity index (χ4v) is 2.05. The third-order valence-corrected chi connectivity index (χ3v) is 2.91. The summed E-state index contributed by atoms with van der Waals surface area (Å²) in [4.78, 5) is 0. The first-order chi connectivity index (χ1) is 7.93. The van der Waals surface area contributed by atoms with E-state index >= 15 is 0 Å². The molecule has 0 bridgehead atoms. The van der Waals surface area contributed by atoms with Crippen LogP contribution in [0.1, 0.15) is 16.7 Å². The molecule has 16 heavy (non-hydrogen) atoms. The largest absolute Gasteiger partial charge is 0.361 e. The summed E-state index contributed by atoms with van der Waals surface area (Å²) in [6, 6.07) is 6.63. The first-order valence-corrected chi connectivity index (χ1v) is 5.53. The minimum absolute atomic E-state index is 1.07.